The van der Waals surface area contributed by atoms with Crippen molar-refractivity contribution in [2.24, 2.45) is 0 Å². The second-order valence-electron chi connectivity index (χ2n) is 4.43. The largest absolute Gasteiger partial charge is 0.388 e. The van der Waals surface area contributed by atoms with Crippen LogP contribution < -0.4 is 10.9 Å². The van der Waals surface area contributed by atoms with Crippen LogP contribution in [0.3, 0.4) is 0 Å². The van der Waals surface area contributed by atoms with Gasteiger partial charge in [-0.25, -0.2) is 4.68 Å². The van der Waals surface area contributed by atoms with Gasteiger partial charge in [-0.2, -0.15) is 5.10 Å². The van der Waals surface area contributed by atoms with Gasteiger partial charge in [0.15, 0.2) is 0 Å². The highest BCUT2D eigenvalue weighted by Gasteiger charge is 2.22. The minimum atomic E-state index is -0.768. The summed E-state index contributed by atoms with van der Waals surface area (Å²) in [6.07, 6.45) is 4.48. The van der Waals surface area contributed by atoms with Crippen LogP contribution in [-0.4, -0.2) is 27.0 Å². The molecule has 1 rings (SSSR count). The maximum absolute atomic E-state index is 11.9. The van der Waals surface area contributed by atoms with Crippen molar-refractivity contribution in [3.05, 3.63) is 33.7 Å². The molecule has 1 aromatic rings. The molecule has 5 nitrogen and oxygen atoms in total. The lowest BCUT2D eigenvalue weighted by atomic mass is 9.97. The molecule has 0 aliphatic carbocycles. The number of nitrogens with one attached hydrogen (secondary N) is 1. The molecular weight excluding hydrogens is 310 g/mol. The Morgan fingerprint density at radius 3 is 2.74 bits per heavy atom. The van der Waals surface area contributed by atoms with Crippen molar-refractivity contribution in [2.75, 3.05) is 11.9 Å². The number of halogens is 1. The van der Waals surface area contributed by atoms with Gasteiger partial charge in [-0.3, -0.25) is 4.79 Å². The molecule has 0 fully saturated rings. The molecule has 0 aliphatic heterocycles. The normalized spacial score (nSPS) is 11.4. The minimum absolute atomic E-state index is 0.221. The Hall–Kier alpha value is -1.14. The smallest absolute Gasteiger partial charge is 0.283 e. The Morgan fingerprint density at radius 2 is 2.21 bits per heavy atom. The molecule has 19 heavy (non-hydrogen) atoms. The van der Waals surface area contributed by atoms with Crippen molar-refractivity contribution >= 4 is 21.6 Å². The van der Waals surface area contributed by atoms with Gasteiger partial charge in [-0.05, 0) is 28.8 Å². The van der Waals surface area contributed by atoms with Gasteiger partial charge in [0, 0.05) is 6.54 Å². The second kappa shape index (κ2) is 6.86. The predicted octanol–water partition coefficient (Wildman–Crippen LogP) is 2.15. The van der Waals surface area contributed by atoms with E-state index in [1.807, 2.05) is 13.8 Å². The molecule has 0 aliphatic rings. The Labute approximate surface area is 121 Å². The zero-order chi connectivity index (χ0) is 14.5. The van der Waals surface area contributed by atoms with Crippen molar-refractivity contribution in [1.82, 2.24) is 9.78 Å². The molecular formula is C13H20BrN3O2. The number of allylic oxidation sites excluding steroid dienone is 1. The molecule has 106 valence electrons. The summed E-state index contributed by atoms with van der Waals surface area (Å²) in [7, 11) is 0. The van der Waals surface area contributed by atoms with E-state index in [1.165, 1.54) is 4.68 Å². The lowest BCUT2D eigenvalue weighted by Gasteiger charge is -2.26. The van der Waals surface area contributed by atoms with Gasteiger partial charge < -0.3 is 10.4 Å². The number of rotatable bonds is 7. The summed E-state index contributed by atoms with van der Waals surface area (Å²) in [6, 6.07) is 0. The predicted molar refractivity (Wildman–Crippen MR) is 80.4 cm³/mol. The molecule has 6 heteroatoms. The van der Waals surface area contributed by atoms with E-state index in [-0.39, 0.29) is 5.56 Å². The highest BCUT2D eigenvalue weighted by molar-refractivity contribution is 9.10. The molecule has 1 aromatic heterocycles. The van der Waals surface area contributed by atoms with E-state index in [0.717, 1.165) is 0 Å². The average molecular weight is 330 g/mol. The van der Waals surface area contributed by atoms with E-state index in [0.29, 0.717) is 36.1 Å². The summed E-state index contributed by atoms with van der Waals surface area (Å²) in [4.78, 5) is 11.9. The molecule has 1 heterocycles. The van der Waals surface area contributed by atoms with Gasteiger partial charge in [0.1, 0.15) is 4.47 Å². The van der Waals surface area contributed by atoms with Crippen LogP contribution in [0, 0.1) is 0 Å². The van der Waals surface area contributed by atoms with Gasteiger partial charge in [0.25, 0.3) is 5.56 Å². The van der Waals surface area contributed by atoms with Crippen LogP contribution in [0.5, 0.6) is 0 Å². The first kappa shape index (κ1) is 15.9. The fourth-order valence-corrected chi connectivity index (χ4v) is 2.05. The van der Waals surface area contributed by atoms with Crippen molar-refractivity contribution in [3.8, 4) is 0 Å². The Balaban J connectivity index is 2.89. The average Bonchev–Trinajstić information content (AvgIpc) is 2.43. The molecule has 0 saturated carbocycles. The lowest BCUT2D eigenvalue weighted by molar-refractivity contribution is 0.0457. The van der Waals surface area contributed by atoms with Crippen molar-refractivity contribution < 1.29 is 5.11 Å². The van der Waals surface area contributed by atoms with Gasteiger partial charge in [0.2, 0.25) is 0 Å². The van der Waals surface area contributed by atoms with Gasteiger partial charge in [0.05, 0.1) is 24.0 Å². The first-order chi connectivity index (χ1) is 8.97. The fraction of sp³-hybridized carbons (Fsp3) is 0.538. The third-order valence-electron chi connectivity index (χ3n) is 3.21. The summed E-state index contributed by atoms with van der Waals surface area (Å²) >= 11 is 3.26. The Morgan fingerprint density at radius 1 is 1.58 bits per heavy atom. The van der Waals surface area contributed by atoms with Crippen LogP contribution in [0.4, 0.5) is 5.69 Å². The van der Waals surface area contributed by atoms with E-state index in [2.05, 4.69) is 32.9 Å². The Kier molecular flexibility index (Phi) is 5.75. The highest BCUT2D eigenvalue weighted by atomic mass is 79.9. The van der Waals surface area contributed by atoms with Crippen molar-refractivity contribution in [2.45, 2.75) is 38.8 Å². The maximum atomic E-state index is 11.9. The molecule has 0 bridgehead atoms. The number of aromatic nitrogens is 2. The van der Waals surface area contributed by atoms with E-state index >= 15 is 0 Å². The van der Waals surface area contributed by atoms with Crippen molar-refractivity contribution in [1.29, 1.82) is 0 Å². The SMILES string of the molecule is C=CCn1ncc(NCC(O)(CC)CC)c(Br)c1=O. The third-order valence-corrected chi connectivity index (χ3v) is 3.98. The summed E-state index contributed by atoms with van der Waals surface area (Å²) in [5.41, 5.74) is -0.401. The number of nitrogens with zero attached hydrogens (tertiary/aromatic N) is 2. The summed E-state index contributed by atoms with van der Waals surface area (Å²) in [6.45, 7) is 8.19. The topological polar surface area (TPSA) is 67.2 Å². The summed E-state index contributed by atoms with van der Waals surface area (Å²) in [5.74, 6) is 0. The number of hydrogen-bond donors (Lipinski definition) is 2. The van der Waals surface area contributed by atoms with E-state index in [1.54, 1.807) is 12.3 Å². The highest BCUT2D eigenvalue weighted by Crippen LogP contribution is 2.20. The zero-order valence-corrected chi connectivity index (χ0v) is 12.9. The zero-order valence-electron chi connectivity index (χ0n) is 11.3. The van der Waals surface area contributed by atoms with Crippen LogP contribution in [-0.2, 0) is 6.54 Å². The molecule has 0 radical (unpaired) electrons. The molecule has 0 aromatic carbocycles. The van der Waals surface area contributed by atoms with Gasteiger partial charge in [-0.15, -0.1) is 6.58 Å². The number of hydrogen-bond acceptors (Lipinski definition) is 4. The van der Waals surface area contributed by atoms with Crippen LogP contribution in [0.2, 0.25) is 0 Å². The van der Waals surface area contributed by atoms with E-state index in [9.17, 15) is 9.90 Å². The molecule has 0 unspecified atom stereocenters. The van der Waals surface area contributed by atoms with Crippen LogP contribution in [0.1, 0.15) is 26.7 Å². The number of aliphatic hydroxyl groups is 1. The second-order valence-corrected chi connectivity index (χ2v) is 5.23. The van der Waals surface area contributed by atoms with Crippen LogP contribution in [0.25, 0.3) is 0 Å². The number of anilines is 1. The quantitative estimate of drug-likeness (QED) is 0.752. The van der Waals surface area contributed by atoms with Crippen LogP contribution in [0.15, 0.2) is 28.1 Å². The van der Waals surface area contributed by atoms with Crippen LogP contribution >= 0.6 is 15.9 Å². The molecule has 0 spiro atoms. The summed E-state index contributed by atoms with van der Waals surface area (Å²) in [5, 5.41) is 17.3. The maximum Gasteiger partial charge on any atom is 0.283 e. The molecule has 0 atom stereocenters. The van der Waals surface area contributed by atoms with E-state index in [4.69, 9.17) is 0 Å². The minimum Gasteiger partial charge on any atom is -0.388 e. The standard InChI is InChI=1S/C13H20BrN3O2/c1-4-7-17-12(18)11(14)10(8-16-17)15-9-13(19,5-2)6-3/h4,8,15,19H,1,5-7,9H2,2-3H3. The van der Waals surface area contributed by atoms with Crippen molar-refractivity contribution in [3.63, 3.8) is 0 Å². The fourth-order valence-electron chi connectivity index (χ4n) is 1.60. The Bertz CT molecular complexity index is 495. The monoisotopic (exact) mass is 329 g/mol. The molecule has 0 saturated heterocycles. The summed E-state index contributed by atoms with van der Waals surface area (Å²) < 4.78 is 1.73. The molecule has 0 amide bonds. The lowest BCUT2D eigenvalue weighted by Crippen LogP contribution is -2.36. The van der Waals surface area contributed by atoms with Gasteiger partial charge in [-0.1, -0.05) is 19.9 Å². The third kappa shape index (κ3) is 3.91. The first-order valence-corrected chi connectivity index (χ1v) is 7.09. The van der Waals surface area contributed by atoms with Gasteiger partial charge >= 0.3 is 0 Å². The van der Waals surface area contributed by atoms with E-state index < -0.39 is 5.60 Å². The first-order valence-electron chi connectivity index (χ1n) is 6.30. The molecule has 2 N–H and O–H groups in total.